The maximum absolute atomic E-state index is 3.53. The van der Waals surface area contributed by atoms with E-state index in [1.807, 2.05) is 0 Å². The van der Waals surface area contributed by atoms with E-state index < -0.39 is 0 Å². The van der Waals surface area contributed by atoms with Crippen LogP contribution in [-0.2, 0) is 19.5 Å². The summed E-state index contributed by atoms with van der Waals surface area (Å²) in [5.41, 5.74) is 4.54. The lowest BCUT2D eigenvalue weighted by Crippen LogP contribution is -2.44. The Morgan fingerprint density at radius 3 is 2.74 bits per heavy atom. The molecule has 1 saturated heterocycles. The van der Waals surface area contributed by atoms with E-state index in [-0.39, 0.29) is 0 Å². The van der Waals surface area contributed by atoms with Crippen LogP contribution in [-0.4, -0.2) is 60.7 Å². The minimum Gasteiger partial charge on any atom is -0.344 e. The number of nitrogens with one attached hydrogen (secondary N) is 1. The molecule has 1 aromatic heterocycles. The van der Waals surface area contributed by atoms with E-state index in [0.29, 0.717) is 0 Å². The van der Waals surface area contributed by atoms with Crippen LogP contribution in [0.5, 0.6) is 0 Å². The number of aromatic nitrogens is 1. The molecular weight excluding hydrogens is 284 g/mol. The molecule has 124 valence electrons. The van der Waals surface area contributed by atoms with Gasteiger partial charge in [0.2, 0.25) is 0 Å². The molecule has 0 radical (unpaired) electrons. The van der Waals surface area contributed by atoms with Gasteiger partial charge >= 0.3 is 0 Å². The van der Waals surface area contributed by atoms with Crippen molar-refractivity contribution in [2.45, 2.75) is 25.9 Å². The standard InChI is InChI=1S/C19H28N4/c1-21-11-13-22(14-12-21)9-4-10-23-18-6-3-2-5-16(18)17-15-20-8-7-19(17)23/h2-3,5-6,20H,4,7-15H2,1H3. The Labute approximate surface area is 139 Å². The second kappa shape index (κ2) is 6.63. The minimum absolute atomic E-state index is 1.03. The van der Waals surface area contributed by atoms with Crippen LogP contribution in [0.3, 0.4) is 0 Å². The van der Waals surface area contributed by atoms with Gasteiger partial charge in [0.25, 0.3) is 0 Å². The molecule has 0 spiro atoms. The third kappa shape index (κ3) is 3.03. The summed E-state index contributed by atoms with van der Waals surface area (Å²) in [6.07, 6.45) is 2.42. The first kappa shape index (κ1) is 15.2. The molecule has 3 heterocycles. The van der Waals surface area contributed by atoms with E-state index in [4.69, 9.17) is 0 Å². The summed E-state index contributed by atoms with van der Waals surface area (Å²) >= 11 is 0. The molecule has 1 fully saturated rings. The maximum atomic E-state index is 3.53. The maximum Gasteiger partial charge on any atom is 0.0485 e. The van der Waals surface area contributed by atoms with Crippen LogP contribution in [0.2, 0.25) is 0 Å². The Morgan fingerprint density at radius 2 is 1.87 bits per heavy atom. The molecule has 0 atom stereocenters. The molecule has 2 aromatic rings. The second-order valence-corrected chi connectivity index (χ2v) is 7.02. The number of rotatable bonds is 4. The van der Waals surface area contributed by atoms with Crippen molar-refractivity contribution in [1.82, 2.24) is 19.7 Å². The molecule has 1 N–H and O–H groups in total. The third-order valence-electron chi connectivity index (χ3n) is 5.49. The Bertz CT molecular complexity index is 667. The average Bonchev–Trinajstić information content (AvgIpc) is 2.91. The number of aryl methyl sites for hydroxylation is 1. The van der Waals surface area contributed by atoms with Crippen LogP contribution in [0.1, 0.15) is 17.7 Å². The summed E-state index contributed by atoms with van der Waals surface area (Å²) in [5.74, 6) is 0. The Balaban J connectivity index is 1.48. The van der Waals surface area contributed by atoms with Crippen molar-refractivity contribution in [3.05, 3.63) is 35.5 Å². The van der Waals surface area contributed by atoms with E-state index in [2.05, 4.69) is 51.0 Å². The topological polar surface area (TPSA) is 23.4 Å². The van der Waals surface area contributed by atoms with Crippen molar-refractivity contribution in [1.29, 1.82) is 0 Å². The van der Waals surface area contributed by atoms with Gasteiger partial charge in [0, 0.05) is 68.8 Å². The molecule has 4 rings (SSSR count). The second-order valence-electron chi connectivity index (χ2n) is 7.02. The SMILES string of the molecule is CN1CCN(CCCn2c3c(c4ccccc42)CNCC3)CC1. The third-order valence-corrected chi connectivity index (χ3v) is 5.49. The summed E-state index contributed by atoms with van der Waals surface area (Å²) in [6, 6.07) is 8.94. The largest absolute Gasteiger partial charge is 0.344 e. The van der Waals surface area contributed by atoms with E-state index in [1.54, 1.807) is 5.69 Å². The number of hydrogen-bond donors (Lipinski definition) is 1. The quantitative estimate of drug-likeness (QED) is 0.933. The summed E-state index contributed by atoms with van der Waals surface area (Å²) < 4.78 is 2.60. The van der Waals surface area contributed by atoms with Crippen molar-refractivity contribution >= 4 is 10.9 Å². The predicted octanol–water partition coefficient (Wildman–Crippen LogP) is 1.92. The van der Waals surface area contributed by atoms with Crippen molar-refractivity contribution in [2.24, 2.45) is 0 Å². The fraction of sp³-hybridized carbons (Fsp3) is 0.579. The number of nitrogens with zero attached hydrogens (tertiary/aromatic N) is 3. The Morgan fingerprint density at radius 1 is 1.04 bits per heavy atom. The van der Waals surface area contributed by atoms with Gasteiger partial charge in [-0.2, -0.15) is 0 Å². The molecule has 0 aliphatic carbocycles. The molecule has 1 aromatic carbocycles. The predicted molar refractivity (Wildman–Crippen MR) is 95.9 cm³/mol. The molecule has 23 heavy (non-hydrogen) atoms. The molecule has 0 saturated carbocycles. The number of piperazine rings is 1. The first-order valence-corrected chi connectivity index (χ1v) is 9.03. The van der Waals surface area contributed by atoms with Crippen molar-refractivity contribution in [3.63, 3.8) is 0 Å². The smallest absolute Gasteiger partial charge is 0.0485 e. The lowest BCUT2D eigenvalue weighted by Gasteiger charge is -2.32. The molecule has 0 unspecified atom stereocenters. The van der Waals surface area contributed by atoms with Crippen molar-refractivity contribution in [2.75, 3.05) is 46.3 Å². The molecule has 2 aliphatic rings. The number of likely N-dealkylation sites (N-methyl/N-ethyl adjacent to an activating group) is 1. The van der Waals surface area contributed by atoms with Crippen LogP contribution in [0, 0.1) is 0 Å². The number of para-hydroxylation sites is 1. The number of fused-ring (bicyclic) bond motifs is 3. The van der Waals surface area contributed by atoms with Gasteiger partial charge < -0.3 is 19.7 Å². The average molecular weight is 312 g/mol. The minimum atomic E-state index is 1.03. The highest BCUT2D eigenvalue weighted by Crippen LogP contribution is 2.28. The summed E-state index contributed by atoms with van der Waals surface area (Å²) in [4.78, 5) is 5.05. The van der Waals surface area contributed by atoms with Gasteiger partial charge in [-0.15, -0.1) is 0 Å². The molecule has 2 aliphatic heterocycles. The molecule has 4 nitrogen and oxygen atoms in total. The Hall–Kier alpha value is -1.36. The van der Waals surface area contributed by atoms with Crippen LogP contribution in [0.15, 0.2) is 24.3 Å². The van der Waals surface area contributed by atoms with Gasteiger partial charge in [0.1, 0.15) is 0 Å². The van der Waals surface area contributed by atoms with Crippen LogP contribution in [0.4, 0.5) is 0 Å². The lowest BCUT2D eigenvalue weighted by atomic mass is 10.1. The zero-order chi connectivity index (χ0) is 15.6. The van der Waals surface area contributed by atoms with Gasteiger partial charge in [-0.1, -0.05) is 18.2 Å². The first-order valence-electron chi connectivity index (χ1n) is 9.03. The molecule has 4 heteroatoms. The van der Waals surface area contributed by atoms with Gasteiger partial charge in [0.05, 0.1) is 0 Å². The fourth-order valence-electron chi connectivity index (χ4n) is 4.11. The van der Waals surface area contributed by atoms with E-state index in [1.165, 1.54) is 62.0 Å². The van der Waals surface area contributed by atoms with E-state index in [9.17, 15) is 0 Å². The highest BCUT2D eigenvalue weighted by atomic mass is 15.2. The van der Waals surface area contributed by atoms with Gasteiger partial charge in [-0.05, 0) is 31.6 Å². The van der Waals surface area contributed by atoms with Crippen molar-refractivity contribution in [3.8, 4) is 0 Å². The fourth-order valence-corrected chi connectivity index (χ4v) is 4.11. The molecular formula is C19H28N4. The summed E-state index contributed by atoms with van der Waals surface area (Å²) in [5, 5.41) is 4.99. The highest BCUT2D eigenvalue weighted by molar-refractivity contribution is 5.85. The highest BCUT2D eigenvalue weighted by Gasteiger charge is 2.19. The number of hydrogen-bond acceptors (Lipinski definition) is 3. The van der Waals surface area contributed by atoms with Crippen molar-refractivity contribution < 1.29 is 0 Å². The molecule has 0 bridgehead atoms. The number of benzene rings is 1. The van der Waals surface area contributed by atoms with E-state index >= 15 is 0 Å². The summed E-state index contributed by atoms with van der Waals surface area (Å²) in [7, 11) is 2.23. The normalized spacial score (nSPS) is 20.0. The molecule has 0 amide bonds. The van der Waals surface area contributed by atoms with E-state index in [0.717, 1.165) is 19.6 Å². The van der Waals surface area contributed by atoms with Crippen LogP contribution < -0.4 is 5.32 Å². The van der Waals surface area contributed by atoms with Crippen LogP contribution in [0.25, 0.3) is 10.9 Å². The summed E-state index contributed by atoms with van der Waals surface area (Å²) in [6.45, 7) is 9.41. The van der Waals surface area contributed by atoms with Gasteiger partial charge in [-0.25, -0.2) is 0 Å². The van der Waals surface area contributed by atoms with Crippen LogP contribution >= 0.6 is 0 Å². The van der Waals surface area contributed by atoms with Gasteiger partial charge in [-0.3, -0.25) is 0 Å². The zero-order valence-electron chi connectivity index (χ0n) is 14.2. The lowest BCUT2D eigenvalue weighted by molar-refractivity contribution is 0.151. The van der Waals surface area contributed by atoms with Gasteiger partial charge in [0.15, 0.2) is 0 Å². The zero-order valence-corrected chi connectivity index (χ0v) is 14.2. The Kier molecular flexibility index (Phi) is 4.38. The monoisotopic (exact) mass is 312 g/mol. The first-order chi connectivity index (χ1) is 11.3.